The zero-order chi connectivity index (χ0) is 18.3. The number of likely N-dealkylation sites (N-methyl/N-ethyl adjacent to an activating group) is 1. The summed E-state index contributed by atoms with van der Waals surface area (Å²) in [6, 6.07) is -0.0751. The summed E-state index contributed by atoms with van der Waals surface area (Å²) in [6.07, 6.45) is 16.4. The average Bonchev–Trinajstić information content (AvgIpc) is 3.02. The fourth-order valence-electron chi connectivity index (χ4n) is 3.72. The van der Waals surface area contributed by atoms with E-state index in [9.17, 15) is 9.90 Å². The lowest BCUT2D eigenvalue weighted by molar-refractivity contribution is -0.155. The molecule has 1 aliphatic rings. The molecule has 1 heterocycles. The van der Waals surface area contributed by atoms with Crippen molar-refractivity contribution in [2.24, 2.45) is 0 Å². The number of nitrogens with zero attached hydrogens (tertiary/aromatic N) is 1. The Balaban J connectivity index is 2.07. The molecule has 0 aromatic carbocycles. The van der Waals surface area contributed by atoms with E-state index in [0.717, 1.165) is 32.2 Å². The van der Waals surface area contributed by atoms with Gasteiger partial charge < -0.3 is 9.84 Å². The van der Waals surface area contributed by atoms with Crippen molar-refractivity contribution in [3.8, 4) is 0 Å². The molecule has 0 amide bonds. The summed E-state index contributed by atoms with van der Waals surface area (Å²) in [4.78, 5) is 14.4. The highest BCUT2D eigenvalue weighted by Gasteiger charge is 2.30. The minimum atomic E-state index is -0.111. The van der Waals surface area contributed by atoms with Crippen LogP contribution in [-0.4, -0.2) is 48.3 Å². The first-order valence-corrected chi connectivity index (χ1v) is 10.7. The predicted molar refractivity (Wildman–Crippen MR) is 104 cm³/mol. The lowest BCUT2D eigenvalue weighted by Crippen LogP contribution is -2.36. The molecule has 4 nitrogen and oxygen atoms in total. The summed E-state index contributed by atoms with van der Waals surface area (Å²) in [5.74, 6) is -0.0921. The molecule has 0 unspecified atom stereocenters. The molecule has 0 aliphatic carbocycles. The van der Waals surface area contributed by atoms with Gasteiger partial charge in [-0.3, -0.25) is 9.69 Å². The number of esters is 1. The molecule has 2 atom stereocenters. The molecule has 4 heteroatoms. The Morgan fingerprint density at radius 2 is 1.64 bits per heavy atom. The van der Waals surface area contributed by atoms with E-state index in [1.54, 1.807) is 0 Å². The molecule has 0 aromatic heterocycles. The van der Waals surface area contributed by atoms with Gasteiger partial charge in [-0.25, -0.2) is 0 Å². The maximum absolute atomic E-state index is 12.3. The normalized spacial score (nSPS) is 19.2. The summed E-state index contributed by atoms with van der Waals surface area (Å²) < 4.78 is 5.69. The number of hydrogen-bond donors (Lipinski definition) is 1. The van der Waals surface area contributed by atoms with Gasteiger partial charge in [0.05, 0.1) is 0 Å². The van der Waals surface area contributed by atoms with E-state index in [0.29, 0.717) is 6.42 Å². The highest BCUT2D eigenvalue weighted by molar-refractivity contribution is 5.76. The van der Waals surface area contributed by atoms with Gasteiger partial charge in [0.15, 0.2) is 0 Å². The van der Waals surface area contributed by atoms with E-state index in [2.05, 4.69) is 11.8 Å². The molecule has 1 aliphatic heterocycles. The molecular weight excluding hydrogens is 314 g/mol. The van der Waals surface area contributed by atoms with E-state index < -0.39 is 0 Å². The third-order valence-corrected chi connectivity index (χ3v) is 5.41. The Morgan fingerprint density at radius 3 is 2.16 bits per heavy atom. The number of rotatable bonds is 15. The van der Waals surface area contributed by atoms with Gasteiger partial charge in [0.2, 0.25) is 0 Å². The Kier molecular flexibility index (Phi) is 13.1. The second-order valence-electron chi connectivity index (χ2n) is 7.68. The Morgan fingerprint density at radius 1 is 1.04 bits per heavy atom. The number of hydrogen-bond acceptors (Lipinski definition) is 4. The quantitative estimate of drug-likeness (QED) is 0.342. The van der Waals surface area contributed by atoms with Crippen molar-refractivity contribution in [2.45, 2.75) is 109 Å². The monoisotopic (exact) mass is 355 g/mol. The van der Waals surface area contributed by atoms with E-state index in [-0.39, 0.29) is 24.7 Å². The third-order valence-electron chi connectivity index (χ3n) is 5.41. The minimum Gasteiger partial charge on any atom is -0.461 e. The van der Waals surface area contributed by atoms with E-state index in [1.807, 2.05) is 7.05 Å². The molecule has 1 N–H and O–H groups in total. The number of unbranched alkanes of at least 4 members (excludes halogenated alkanes) is 9. The highest BCUT2D eigenvalue weighted by Crippen LogP contribution is 2.19. The number of likely N-dealkylation sites (tertiary alicyclic amines) is 1. The van der Waals surface area contributed by atoms with Crippen molar-refractivity contribution < 1.29 is 14.6 Å². The predicted octanol–water partition coefficient (Wildman–Crippen LogP) is 4.69. The minimum absolute atomic E-state index is 0.0751. The van der Waals surface area contributed by atoms with Gasteiger partial charge >= 0.3 is 5.97 Å². The van der Waals surface area contributed by atoms with Crippen LogP contribution in [0.5, 0.6) is 0 Å². The van der Waals surface area contributed by atoms with Crippen molar-refractivity contribution in [1.29, 1.82) is 0 Å². The van der Waals surface area contributed by atoms with Crippen LogP contribution in [0, 0.1) is 0 Å². The zero-order valence-corrected chi connectivity index (χ0v) is 16.7. The molecular formula is C21H41NO3. The Hall–Kier alpha value is -0.610. The number of carbonyl (C=O) groups is 1. The molecule has 0 saturated carbocycles. The third kappa shape index (κ3) is 10.2. The molecule has 1 fully saturated rings. The number of aliphatic hydroxyl groups excluding tert-OH is 1. The van der Waals surface area contributed by atoms with E-state index >= 15 is 0 Å². The van der Waals surface area contributed by atoms with Crippen molar-refractivity contribution in [1.82, 2.24) is 4.90 Å². The topological polar surface area (TPSA) is 49.8 Å². The van der Waals surface area contributed by atoms with Crippen molar-refractivity contribution in [3.05, 3.63) is 0 Å². The summed E-state index contributed by atoms with van der Waals surface area (Å²) in [6.45, 7) is 3.33. The van der Waals surface area contributed by atoms with Gasteiger partial charge in [-0.2, -0.15) is 0 Å². The maximum atomic E-state index is 12.3. The van der Waals surface area contributed by atoms with E-state index in [4.69, 9.17) is 4.74 Å². The van der Waals surface area contributed by atoms with Crippen molar-refractivity contribution >= 4 is 5.97 Å². The Labute approximate surface area is 155 Å². The largest absolute Gasteiger partial charge is 0.461 e. The molecule has 1 saturated heterocycles. The van der Waals surface area contributed by atoms with Gasteiger partial charge in [0, 0.05) is 13.0 Å². The van der Waals surface area contributed by atoms with Crippen LogP contribution in [0.15, 0.2) is 0 Å². The van der Waals surface area contributed by atoms with Gasteiger partial charge in [-0.1, -0.05) is 64.7 Å². The molecule has 0 bridgehead atoms. The maximum Gasteiger partial charge on any atom is 0.323 e. The molecule has 25 heavy (non-hydrogen) atoms. The molecule has 0 spiro atoms. The summed E-state index contributed by atoms with van der Waals surface area (Å²) in [5.41, 5.74) is 0. The molecule has 0 aromatic rings. The number of carbonyl (C=O) groups excluding carboxylic acids is 1. The van der Waals surface area contributed by atoms with Crippen molar-refractivity contribution in [2.75, 3.05) is 20.2 Å². The first-order valence-electron chi connectivity index (χ1n) is 10.7. The van der Waals surface area contributed by atoms with Gasteiger partial charge in [-0.05, 0) is 39.3 Å². The van der Waals surface area contributed by atoms with Crippen molar-refractivity contribution in [3.63, 3.8) is 0 Å². The van der Waals surface area contributed by atoms with Gasteiger partial charge in [0.1, 0.15) is 12.1 Å². The van der Waals surface area contributed by atoms with Crippen LogP contribution in [0.25, 0.3) is 0 Å². The van der Waals surface area contributed by atoms with Crippen LogP contribution in [0.3, 0.4) is 0 Å². The number of aliphatic hydroxyl groups is 1. The molecule has 1 rings (SSSR count). The fourth-order valence-corrected chi connectivity index (χ4v) is 3.72. The summed E-state index contributed by atoms with van der Waals surface area (Å²) in [5, 5.41) is 9.23. The average molecular weight is 356 g/mol. The zero-order valence-electron chi connectivity index (χ0n) is 16.7. The van der Waals surface area contributed by atoms with Crippen LogP contribution in [0.2, 0.25) is 0 Å². The van der Waals surface area contributed by atoms with Crippen LogP contribution < -0.4 is 0 Å². The summed E-state index contributed by atoms with van der Waals surface area (Å²) in [7, 11) is 1.99. The standard InChI is InChI=1S/C21H41NO3/c1-3-4-5-6-7-8-9-10-11-12-14-19(16-18-23)25-21(24)20-15-13-17-22(20)2/h19-20,23H,3-18H2,1-2H3/t19-,20-/m1/s1. The van der Waals surface area contributed by atoms with Gasteiger partial charge in [-0.15, -0.1) is 0 Å². The second-order valence-corrected chi connectivity index (χ2v) is 7.68. The lowest BCUT2D eigenvalue weighted by Gasteiger charge is -2.22. The van der Waals surface area contributed by atoms with Crippen LogP contribution in [0.1, 0.15) is 96.8 Å². The smallest absolute Gasteiger partial charge is 0.323 e. The van der Waals surface area contributed by atoms with E-state index in [1.165, 1.54) is 57.8 Å². The van der Waals surface area contributed by atoms with Gasteiger partial charge in [0.25, 0.3) is 0 Å². The SMILES string of the molecule is CCCCCCCCCCCC[C@H](CCO)OC(=O)[C@H]1CCCN1C. The fraction of sp³-hybridized carbons (Fsp3) is 0.952. The first kappa shape index (κ1) is 22.4. The molecule has 148 valence electrons. The Bertz CT molecular complexity index is 335. The second kappa shape index (κ2) is 14.5. The number of ether oxygens (including phenoxy) is 1. The highest BCUT2D eigenvalue weighted by atomic mass is 16.5. The molecule has 0 radical (unpaired) electrons. The van der Waals surface area contributed by atoms with Crippen LogP contribution in [0.4, 0.5) is 0 Å². The van der Waals surface area contributed by atoms with Crippen LogP contribution >= 0.6 is 0 Å². The summed E-state index contributed by atoms with van der Waals surface area (Å²) >= 11 is 0. The van der Waals surface area contributed by atoms with Crippen LogP contribution in [-0.2, 0) is 9.53 Å². The first-order chi connectivity index (χ1) is 12.2. The lowest BCUT2D eigenvalue weighted by atomic mass is 10.0.